The van der Waals surface area contributed by atoms with Gasteiger partial charge in [0.05, 0.1) is 18.0 Å². The van der Waals surface area contributed by atoms with Gasteiger partial charge in [-0.15, -0.1) is 0 Å². The van der Waals surface area contributed by atoms with E-state index in [4.69, 9.17) is 14.2 Å². The number of nitrogens with zero attached hydrogens (tertiary/aromatic N) is 1. The van der Waals surface area contributed by atoms with Crippen LogP contribution in [0.3, 0.4) is 0 Å². The third-order valence-electron chi connectivity index (χ3n) is 6.17. The smallest absolute Gasteiger partial charge is 0.310 e. The van der Waals surface area contributed by atoms with E-state index in [0.29, 0.717) is 36.8 Å². The molecule has 0 unspecified atom stereocenters. The molecule has 8 heteroatoms. The lowest BCUT2D eigenvalue weighted by molar-refractivity contribution is -0.148. The molecule has 2 aliphatic heterocycles. The fraction of sp³-hybridized carbons (Fsp3) is 0.360. The van der Waals surface area contributed by atoms with Gasteiger partial charge in [0, 0.05) is 48.0 Å². The summed E-state index contributed by atoms with van der Waals surface area (Å²) in [6.45, 7) is 4.45. The van der Waals surface area contributed by atoms with E-state index < -0.39 is 0 Å². The lowest BCUT2D eigenvalue weighted by atomic mass is 9.97. The minimum absolute atomic E-state index is 0.0747. The number of carbonyl (C=O) groups excluding carboxylic acids is 1. The molecule has 0 saturated carbocycles. The van der Waals surface area contributed by atoms with Crippen LogP contribution in [0.25, 0.3) is 10.9 Å². The molecule has 1 atom stereocenters. The van der Waals surface area contributed by atoms with Crippen LogP contribution in [0.15, 0.2) is 47.3 Å². The second kappa shape index (κ2) is 9.05. The van der Waals surface area contributed by atoms with Crippen LogP contribution in [0.5, 0.6) is 11.5 Å². The number of aromatic nitrogens is 1. The summed E-state index contributed by atoms with van der Waals surface area (Å²) in [5.74, 6) is 1.15. The zero-order chi connectivity index (χ0) is 22.8. The van der Waals surface area contributed by atoms with Crippen LogP contribution in [0.4, 0.5) is 11.4 Å². The fourth-order valence-electron chi connectivity index (χ4n) is 4.42. The van der Waals surface area contributed by atoms with Gasteiger partial charge >= 0.3 is 5.97 Å². The van der Waals surface area contributed by atoms with Gasteiger partial charge in [0.15, 0.2) is 11.5 Å². The summed E-state index contributed by atoms with van der Waals surface area (Å²) in [6.07, 6.45) is 1.84. The second-order valence-corrected chi connectivity index (χ2v) is 8.35. The normalized spacial score (nSPS) is 17.2. The Balaban J connectivity index is 1.25. The number of aromatic amines is 1. The first-order valence-corrected chi connectivity index (χ1v) is 11.3. The number of pyridine rings is 1. The number of H-pyrrole nitrogens is 1. The largest absolute Gasteiger partial charge is 0.466 e. The third-order valence-corrected chi connectivity index (χ3v) is 6.17. The van der Waals surface area contributed by atoms with E-state index in [0.717, 1.165) is 41.7 Å². The molecule has 0 bridgehead atoms. The van der Waals surface area contributed by atoms with Crippen LogP contribution in [-0.4, -0.2) is 37.4 Å². The van der Waals surface area contributed by atoms with Crippen molar-refractivity contribution in [2.45, 2.75) is 26.3 Å². The highest BCUT2D eigenvalue weighted by Gasteiger charge is 2.27. The monoisotopic (exact) mass is 449 g/mol. The molecular weight excluding hydrogens is 422 g/mol. The number of anilines is 2. The zero-order valence-corrected chi connectivity index (χ0v) is 18.6. The lowest BCUT2D eigenvalue weighted by Crippen LogP contribution is -2.39. The van der Waals surface area contributed by atoms with Gasteiger partial charge in [0.25, 0.3) is 5.56 Å². The highest BCUT2D eigenvalue weighted by Crippen LogP contribution is 2.35. The molecule has 3 heterocycles. The quantitative estimate of drug-likeness (QED) is 0.555. The van der Waals surface area contributed by atoms with Crippen LogP contribution in [0.2, 0.25) is 0 Å². The van der Waals surface area contributed by atoms with Crippen molar-refractivity contribution in [1.29, 1.82) is 0 Å². The molecule has 8 nitrogen and oxygen atoms in total. The minimum Gasteiger partial charge on any atom is -0.466 e. The van der Waals surface area contributed by atoms with E-state index in [1.165, 1.54) is 0 Å². The van der Waals surface area contributed by atoms with Crippen molar-refractivity contribution in [3.8, 4) is 11.5 Å². The van der Waals surface area contributed by atoms with Gasteiger partial charge < -0.3 is 29.4 Å². The topological polar surface area (TPSA) is 92.9 Å². The number of esters is 1. The van der Waals surface area contributed by atoms with E-state index in [1.807, 2.05) is 43.3 Å². The number of hydrogen-bond acceptors (Lipinski definition) is 7. The van der Waals surface area contributed by atoms with Crippen molar-refractivity contribution < 1.29 is 19.0 Å². The maximum absolute atomic E-state index is 12.5. The summed E-state index contributed by atoms with van der Waals surface area (Å²) in [6, 6.07) is 13.6. The molecule has 0 aliphatic carbocycles. The number of ether oxygens (including phenoxy) is 3. The first-order valence-electron chi connectivity index (χ1n) is 11.3. The predicted molar refractivity (Wildman–Crippen MR) is 126 cm³/mol. The Hall–Kier alpha value is -3.68. The second-order valence-electron chi connectivity index (χ2n) is 8.35. The summed E-state index contributed by atoms with van der Waals surface area (Å²) in [5, 5.41) is 4.22. The molecule has 172 valence electrons. The summed E-state index contributed by atoms with van der Waals surface area (Å²) in [5.41, 5.74) is 3.22. The Labute approximate surface area is 191 Å². The molecule has 3 aromatic rings. The number of hydrogen-bond donors (Lipinski definition) is 2. The first kappa shape index (κ1) is 21.2. The van der Waals surface area contributed by atoms with E-state index >= 15 is 0 Å². The standard InChI is InChI=1S/C25H27N3O5/c1-2-31-25(30)16-4-3-9-28(14-16)20-7-5-19(6-8-20)26-13-18-10-17-11-22-23(33-15-32-22)12-21(17)27-24(18)29/h5-8,10-12,16,26H,2-4,9,13-15H2,1H3,(H,27,29)/t16-/m1/s1. The van der Waals surface area contributed by atoms with Crippen molar-refractivity contribution in [2.24, 2.45) is 5.92 Å². The number of nitrogens with one attached hydrogen (secondary N) is 2. The van der Waals surface area contributed by atoms with Gasteiger partial charge in [-0.2, -0.15) is 0 Å². The third kappa shape index (κ3) is 4.46. The van der Waals surface area contributed by atoms with Crippen LogP contribution >= 0.6 is 0 Å². The van der Waals surface area contributed by atoms with Gasteiger partial charge in [-0.25, -0.2) is 0 Å². The molecule has 2 N–H and O–H groups in total. The average molecular weight is 450 g/mol. The summed E-state index contributed by atoms with van der Waals surface area (Å²) < 4.78 is 16.0. The van der Waals surface area contributed by atoms with Gasteiger partial charge in [-0.1, -0.05) is 0 Å². The van der Waals surface area contributed by atoms with Gasteiger partial charge in [-0.3, -0.25) is 9.59 Å². The first-order chi connectivity index (χ1) is 16.1. The number of rotatable bonds is 6. The predicted octanol–water partition coefficient (Wildman–Crippen LogP) is 3.65. The van der Waals surface area contributed by atoms with Gasteiger partial charge in [0.1, 0.15) is 0 Å². The molecular formula is C25H27N3O5. The number of benzene rings is 2. The molecule has 2 aliphatic rings. The van der Waals surface area contributed by atoms with Gasteiger partial charge in [0.2, 0.25) is 6.79 Å². The van der Waals surface area contributed by atoms with Crippen molar-refractivity contribution in [1.82, 2.24) is 4.98 Å². The number of fused-ring (bicyclic) bond motifs is 2. The minimum atomic E-state index is -0.135. The molecule has 0 radical (unpaired) electrons. The zero-order valence-electron chi connectivity index (χ0n) is 18.6. The Morgan fingerprint density at radius 2 is 1.97 bits per heavy atom. The van der Waals surface area contributed by atoms with Crippen LogP contribution in [-0.2, 0) is 16.1 Å². The maximum Gasteiger partial charge on any atom is 0.310 e. The molecule has 0 amide bonds. The Morgan fingerprint density at radius 1 is 1.18 bits per heavy atom. The summed E-state index contributed by atoms with van der Waals surface area (Å²) in [7, 11) is 0. The molecule has 2 aromatic carbocycles. The molecule has 1 aromatic heterocycles. The molecule has 0 spiro atoms. The summed E-state index contributed by atoms with van der Waals surface area (Å²) in [4.78, 5) is 29.8. The molecule has 1 saturated heterocycles. The van der Waals surface area contributed by atoms with Gasteiger partial charge in [-0.05, 0) is 56.2 Å². The number of carbonyl (C=O) groups is 1. The number of piperidine rings is 1. The van der Waals surface area contributed by atoms with E-state index in [9.17, 15) is 9.59 Å². The molecule has 1 fully saturated rings. The summed E-state index contributed by atoms with van der Waals surface area (Å²) >= 11 is 0. The highest BCUT2D eigenvalue weighted by molar-refractivity contribution is 5.83. The maximum atomic E-state index is 12.5. The van der Waals surface area contributed by atoms with E-state index in [-0.39, 0.29) is 24.2 Å². The van der Waals surface area contributed by atoms with Crippen molar-refractivity contribution in [2.75, 3.05) is 36.7 Å². The molecule has 5 rings (SSSR count). The Bertz CT molecular complexity index is 1220. The Kier molecular flexibility index (Phi) is 5.81. The fourth-order valence-corrected chi connectivity index (χ4v) is 4.42. The van der Waals surface area contributed by atoms with Crippen molar-refractivity contribution >= 4 is 28.2 Å². The SMILES string of the molecule is CCOC(=O)[C@@H]1CCCN(c2ccc(NCc3cc4cc5c(cc4[nH]c3=O)OCO5)cc2)C1. The highest BCUT2D eigenvalue weighted by atomic mass is 16.7. The lowest BCUT2D eigenvalue weighted by Gasteiger charge is -2.33. The average Bonchev–Trinajstić information content (AvgIpc) is 3.29. The van der Waals surface area contributed by atoms with Crippen molar-refractivity contribution in [3.63, 3.8) is 0 Å². The van der Waals surface area contributed by atoms with Crippen LogP contribution in [0.1, 0.15) is 25.3 Å². The Morgan fingerprint density at radius 3 is 2.76 bits per heavy atom. The van der Waals surface area contributed by atoms with Crippen LogP contribution < -0.4 is 25.2 Å². The van der Waals surface area contributed by atoms with Crippen molar-refractivity contribution in [3.05, 3.63) is 58.4 Å². The van der Waals surface area contributed by atoms with Crippen LogP contribution in [0, 0.1) is 5.92 Å². The van der Waals surface area contributed by atoms with E-state index in [1.54, 1.807) is 6.07 Å². The van der Waals surface area contributed by atoms with E-state index in [2.05, 4.69) is 15.2 Å². The molecule has 33 heavy (non-hydrogen) atoms.